The minimum Gasteiger partial charge on any atom is -0.364 e. The van der Waals surface area contributed by atoms with Crippen molar-refractivity contribution in [3.05, 3.63) is 23.4 Å². The van der Waals surface area contributed by atoms with Crippen LogP contribution in [0.2, 0.25) is 0 Å². The molecule has 0 aliphatic rings. The van der Waals surface area contributed by atoms with Gasteiger partial charge in [-0.25, -0.2) is 14.6 Å². The van der Waals surface area contributed by atoms with Gasteiger partial charge in [-0.15, -0.1) is 0 Å². The Morgan fingerprint density at radius 2 is 2.41 bits per heavy atom. The van der Waals surface area contributed by atoms with E-state index in [0.29, 0.717) is 5.01 Å². The zero-order valence-electron chi connectivity index (χ0n) is 9.46. The molecule has 2 rings (SSSR count). The molecule has 17 heavy (non-hydrogen) atoms. The Kier molecular flexibility index (Phi) is 3.48. The maximum atomic E-state index is 11.1. The van der Waals surface area contributed by atoms with Gasteiger partial charge >= 0.3 is 0 Å². The first-order valence-corrected chi connectivity index (χ1v) is 6.18. The number of carbonyl (C=O) groups is 1. The molecule has 7 heteroatoms. The second-order valence-electron chi connectivity index (χ2n) is 3.58. The third kappa shape index (κ3) is 2.50. The van der Waals surface area contributed by atoms with Crippen molar-refractivity contribution in [2.45, 2.75) is 26.2 Å². The second kappa shape index (κ2) is 5.05. The van der Waals surface area contributed by atoms with Crippen molar-refractivity contribution in [1.29, 1.82) is 0 Å². The molecular formula is C10H13N5OS. The molecule has 0 aliphatic heterocycles. The van der Waals surface area contributed by atoms with Crippen LogP contribution in [0.3, 0.4) is 0 Å². The Balaban J connectivity index is 2.37. The van der Waals surface area contributed by atoms with Crippen molar-refractivity contribution in [2.75, 3.05) is 0 Å². The highest BCUT2D eigenvalue weighted by molar-refractivity contribution is 7.16. The van der Waals surface area contributed by atoms with Gasteiger partial charge in [0.2, 0.25) is 0 Å². The monoisotopic (exact) mass is 251 g/mol. The van der Waals surface area contributed by atoms with Crippen LogP contribution in [0.1, 0.15) is 35.3 Å². The maximum Gasteiger partial charge on any atom is 0.277 e. The summed E-state index contributed by atoms with van der Waals surface area (Å²) in [4.78, 5) is 19.3. The maximum absolute atomic E-state index is 11.1. The van der Waals surface area contributed by atoms with Crippen LogP contribution < -0.4 is 5.73 Å². The molecule has 0 saturated heterocycles. The van der Waals surface area contributed by atoms with E-state index in [4.69, 9.17) is 5.73 Å². The van der Waals surface area contributed by atoms with E-state index in [1.165, 1.54) is 17.7 Å². The van der Waals surface area contributed by atoms with E-state index in [2.05, 4.69) is 22.0 Å². The summed E-state index contributed by atoms with van der Waals surface area (Å²) in [7, 11) is 0. The first-order valence-electron chi connectivity index (χ1n) is 5.37. The fraction of sp³-hybridized carbons (Fsp3) is 0.400. The smallest absolute Gasteiger partial charge is 0.277 e. The van der Waals surface area contributed by atoms with E-state index in [1.807, 2.05) is 0 Å². The standard InChI is InChI=1S/C10H13N5OS/c1-2-3-4-7-10(15-6-12-5-13-15)17-9(14-7)8(11)16/h5-6H,2-4H2,1H3,(H2,11,16). The van der Waals surface area contributed by atoms with Crippen LogP contribution in [0.25, 0.3) is 5.00 Å². The fourth-order valence-corrected chi connectivity index (χ4v) is 2.34. The molecule has 0 saturated carbocycles. The molecule has 6 nitrogen and oxygen atoms in total. The number of amides is 1. The summed E-state index contributed by atoms with van der Waals surface area (Å²) in [6.45, 7) is 2.11. The van der Waals surface area contributed by atoms with Crippen molar-refractivity contribution in [2.24, 2.45) is 5.73 Å². The zero-order valence-corrected chi connectivity index (χ0v) is 10.3. The zero-order chi connectivity index (χ0) is 12.3. The normalized spacial score (nSPS) is 10.6. The van der Waals surface area contributed by atoms with Crippen LogP contribution in [-0.2, 0) is 6.42 Å². The van der Waals surface area contributed by atoms with Gasteiger partial charge < -0.3 is 5.73 Å². The molecule has 0 aliphatic carbocycles. The van der Waals surface area contributed by atoms with Crippen molar-refractivity contribution in [3.8, 4) is 5.00 Å². The third-order valence-electron chi connectivity index (χ3n) is 2.28. The van der Waals surface area contributed by atoms with Gasteiger partial charge in [-0.05, 0) is 12.8 Å². The number of nitrogens with zero attached hydrogens (tertiary/aromatic N) is 4. The van der Waals surface area contributed by atoms with E-state index in [-0.39, 0.29) is 0 Å². The molecule has 1 amide bonds. The lowest BCUT2D eigenvalue weighted by Crippen LogP contribution is -2.10. The number of thiazole rings is 1. The number of carbonyl (C=O) groups excluding carboxylic acids is 1. The van der Waals surface area contributed by atoms with Crippen molar-refractivity contribution in [1.82, 2.24) is 19.7 Å². The number of primary amides is 1. The van der Waals surface area contributed by atoms with Gasteiger partial charge in [0.25, 0.3) is 5.91 Å². The number of nitrogens with two attached hydrogens (primary N) is 1. The molecule has 0 fully saturated rings. The Bertz CT molecular complexity index is 505. The molecule has 2 aromatic rings. The first-order chi connectivity index (χ1) is 8.22. The van der Waals surface area contributed by atoms with Crippen LogP contribution in [0.15, 0.2) is 12.7 Å². The predicted molar refractivity (Wildman–Crippen MR) is 64.2 cm³/mol. The van der Waals surface area contributed by atoms with Crippen LogP contribution >= 0.6 is 11.3 Å². The summed E-state index contributed by atoms with van der Waals surface area (Å²) in [5, 5.41) is 5.20. The van der Waals surface area contributed by atoms with Crippen LogP contribution in [0.5, 0.6) is 0 Å². The molecule has 0 bridgehead atoms. The highest BCUT2D eigenvalue weighted by Gasteiger charge is 2.16. The molecular weight excluding hydrogens is 238 g/mol. The van der Waals surface area contributed by atoms with Gasteiger partial charge in [0, 0.05) is 0 Å². The molecule has 2 heterocycles. The molecule has 0 spiro atoms. The topological polar surface area (TPSA) is 86.7 Å². The Labute approximate surface area is 103 Å². The fourth-order valence-electron chi connectivity index (χ4n) is 1.45. The summed E-state index contributed by atoms with van der Waals surface area (Å²) in [6, 6.07) is 0. The SMILES string of the molecule is CCCCc1nc(C(N)=O)sc1-n1cncn1. The van der Waals surface area contributed by atoms with Crippen LogP contribution in [-0.4, -0.2) is 25.7 Å². The summed E-state index contributed by atoms with van der Waals surface area (Å²) in [6.07, 6.45) is 5.94. The lowest BCUT2D eigenvalue weighted by atomic mass is 10.2. The first kappa shape index (κ1) is 11.7. The highest BCUT2D eigenvalue weighted by Crippen LogP contribution is 2.23. The van der Waals surface area contributed by atoms with E-state index in [1.54, 1.807) is 11.0 Å². The van der Waals surface area contributed by atoms with Gasteiger partial charge in [0.15, 0.2) is 5.01 Å². The number of aryl methyl sites for hydroxylation is 1. The molecule has 0 radical (unpaired) electrons. The molecule has 2 N–H and O–H groups in total. The Morgan fingerprint density at radius 1 is 1.59 bits per heavy atom. The third-order valence-corrected chi connectivity index (χ3v) is 3.38. The van der Waals surface area contributed by atoms with Crippen molar-refractivity contribution < 1.29 is 4.79 Å². The minimum absolute atomic E-state index is 0.321. The Hall–Kier alpha value is -1.76. The van der Waals surface area contributed by atoms with Gasteiger partial charge in [-0.2, -0.15) is 5.10 Å². The number of aromatic nitrogens is 4. The average Bonchev–Trinajstić information content (AvgIpc) is 2.94. The molecule has 90 valence electrons. The summed E-state index contributed by atoms with van der Waals surface area (Å²) >= 11 is 1.25. The predicted octanol–water partition coefficient (Wildman–Crippen LogP) is 1.17. The van der Waals surface area contributed by atoms with Crippen molar-refractivity contribution in [3.63, 3.8) is 0 Å². The van der Waals surface area contributed by atoms with E-state index in [9.17, 15) is 4.79 Å². The largest absolute Gasteiger partial charge is 0.364 e. The van der Waals surface area contributed by atoms with Crippen LogP contribution in [0, 0.1) is 0 Å². The highest BCUT2D eigenvalue weighted by atomic mass is 32.1. The number of unbranched alkanes of at least 4 members (excludes halogenated alkanes) is 1. The molecule has 0 aromatic carbocycles. The van der Waals surface area contributed by atoms with E-state index >= 15 is 0 Å². The summed E-state index contributed by atoms with van der Waals surface area (Å²) in [5.74, 6) is -0.501. The van der Waals surface area contributed by atoms with E-state index in [0.717, 1.165) is 30.0 Å². The molecule has 0 unspecified atom stereocenters. The Morgan fingerprint density at radius 3 is 3.00 bits per heavy atom. The second-order valence-corrected chi connectivity index (χ2v) is 4.56. The van der Waals surface area contributed by atoms with Gasteiger partial charge in [0.1, 0.15) is 17.7 Å². The average molecular weight is 251 g/mol. The molecule has 0 atom stereocenters. The summed E-state index contributed by atoms with van der Waals surface area (Å²) < 4.78 is 1.62. The van der Waals surface area contributed by atoms with Gasteiger partial charge in [-0.1, -0.05) is 24.7 Å². The van der Waals surface area contributed by atoms with Gasteiger partial charge in [0.05, 0.1) is 5.69 Å². The number of hydrogen-bond acceptors (Lipinski definition) is 5. The van der Waals surface area contributed by atoms with Crippen LogP contribution in [0.4, 0.5) is 0 Å². The van der Waals surface area contributed by atoms with Gasteiger partial charge in [-0.3, -0.25) is 4.79 Å². The molecule has 2 aromatic heterocycles. The number of rotatable bonds is 5. The lowest BCUT2D eigenvalue weighted by molar-refractivity contribution is 0.1000. The van der Waals surface area contributed by atoms with Crippen molar-refractivity contribution >= 4 is 17.2 Å². The minimum atomic E-state index is -0.501. The summed E-state index contributed by atoms with van der Waals surface area (Å²) in [5.41, 5.74) is 6.10. The quantitative estimate of drug-likeness (QED) is 0.864. The number of hydrogen-bond donors (Lipinski definition) is 1. The lowest BCUT2D eigenvalue weighted by Gasteiger charge is -1.99. The van der Waals surface area contributed by atoms with E-state index < -0.39 is 5.91 Å².